The fourth-order valence-electron chi connectivity index (χ4n) is 3.49. The summed E-state index contributed by atoms with van der Waals surface area (Å²) in [4.78, 5) is 31.1. The Hall–Kier alpha value is -2.47. The molecule has 2 aromatic heterocycles. The number of aromatic carboxylic acids is 1. The van der Waals surface area contributed by atoms with Gasteiger partial charge < -0.3 is 5.11 Å². The SMILES string of the molecule is CCc1nc2sc3c(c2c(=O)n1Cc1ccc(C(=O)O)cc1)CCC3. The highest BCUT2D eigenvalue weighted by molar-refractivity contribution is 7.18. The number of aryl methyl sites for hydroxylation is 3. The molecule has 1 aliphatic carbocycles. The van der Waals surface area contributed by atoms with Gasteiger partial charge in [0.05, 0.1) is 17.5 Å². The van der Waals surface area contributed by atoms with E-state index in [4.69, 9.17) is 10.1 Å². The molecule has 0 radical (unpaired) electrons. The maximum absolute atomic E-state index is 13.1. The minimum atomic E-state index is -0.949. The Morgan fingerprint density at radius 1 is 1.28 bits per heavy atom. The first-order valence-corrected chi connectivity index (χ1v) is 9.26. The Morgan fingerprint density at radius 2 is 2.04 bits per heavy atom. The molecule has 128 valence electrons. The molecule has 3 aromatic rings. The van der Waals surface area contributed by atoms with Crippen molar-refractivity contribution < 1.29 is 9.90 Å². The molecular formula is C19H18N2O3S. The number of thiophene rings is 1. The molecule has 0 atom stereocenters. The van der Waals surface area contributed by atoms with E-state index < -0.39 is 5.97 Å². The number of nitrogens with zero attached hydrogens (tertiary/aromatic N) is 2. The van der Waals surface area contributed by atoms with Crippen molar-refractivity contribution in [1.82, 2.24) is 9.55 Å². The summed E-state index contributed by atoms with van der Waals surface area (Å²) < 4.78 is 1.74. The average molecular weight is 354 g/mol. The van der Waals surface area contributed by atoms with Gasteiger partial charge in [-0.2, -0.15) is 0 Å². The molecule has 25 heavy (non-hydrogen) atoms. The van der Waals surface area contributed by atoms with E-state index in [2.05, 4.69) is 0 Å². The van der Waals surface area contributed by atoms with Crippen LogP contribution in [0.5, 0.6) is 0 Å². The number of aromatic nitrogens is 2. The Labute approximate surface area is 148 Å². The molecule has 2 heterocycles. The van der Waals surface area contributed by atoms with Gasteiger partial charge in [0.15, 0.2) is 0 Å². The van der Waals surface area contributed by atoms with Gasteiger partial charge >= 0.3 is 5.97 Å². The third-order valence-corrected chi connectivity index (χ3v) is 5.95. The van der Waals surface area contributed by atoms with Gasteiger partial charge in [0.2, 0.25) is 0 Å². The molecule has 4 rings (SSSR count). The Kier molecular flexibility index (Phi) is 3.92. The minimum Gasteiger partial charge on any atom is -0.478 e. The van der Waals surface area contributed by atoms with E-state index in [0.717, 1.165) is 40.9 Å². The first-order valence-electron chi connectivity index (χ1n) is 8.44. The predicted octanol–water partition coefficient (Wildman–Crippen LogP) is 3.26. The molecule has 5 nitrogen and oxygen atoms in total. The number of hydrogen-bond acceptors (Lipinski definition) is 4. The van der Waals surface area contributed by atoms with Crippen molar-refractivity contribution >= 4 is 27.5 Å². The van der Waals surface area contributed by atoms with Gasteiger partial charge in [0, 0.05) is 11.3 Å². The van der Waals surface area contributed by atoms with Crippen LogP contribution in [0, 0.1) is 0 Å². The number of carbonyl (C=O) groups is 1. The van der Waals surface area contributed by atoms with Gasteiger partial charge in [0.25, 0.3) is 5.56 Å². The summed E-state index contributed by atoms with van der Waals surface area (Å²) in [5.41, 5.74) is 2.37. The van der Waals surface area contributed by atoms with Gasteiger partial charge in [-0.1, -0.05) is 19.1 Å². The number of carboxylic acid groups (broad SMARTS) is 1. The van der Waals surface area contributed by atoms with E-state index >= 15 is 0 Å². The summed E-state index contributed by atoms with van der Waals surface area (Å²) in [6, 6.07) is 6.67. The number of hydrogen-bond donors (Lipinski definition) is 1. The second-order valence-corrected chi connectivity index (χ2v) is 7.40. The lowest BCUT2D eigenvalue weighted by molar-refractivity contribution is 0.0697. The van der Waals surface area contributed by atoms with Gasteiger partial charge in [-0.05, 0) is 42.5 Å². The number of benzene rings is 1. The van der Waals surface area contributed by atoms with Crippen LogP contribution in [0.3, 0.4) is 0 Å². The van der Waals surface area contributed by atoms with Gasteiger partial charge in [-0.15, -0.1) is 11.3 Å². The lowest BCUT2D eigenvalue weighted by Crippen LogP contribution is -2.25. The van der Waals surface area contributed by atoms with Crippen molar-refractivity contribution in [2.45, 2.75) is 39.2 Å². The standard InChI is InChI=1S/C19H18N2O3S/c1-2-15-20-17-16(13-4-3-5-14(13)25-17)18(22)21(15)10-11-6-8-12(9-7-11)19(23)24/h6-9H,2-5,10H2,1H3,(H,23,24). The Morgan fingerprint density at radius 3 is 2.72 bits per heavy atom. The fourth-order valence-corrected chi connectivity index (χ4v) is 4.76. The lowest BCUT2D eigenvalue weighted by Gasteiger charge is -2.12. The van der Waals surface area contributed by atoms with Crippen LogP contribution in [-0.4, -0.2) is 20.6 Å². The van der Waals surface area contributed by atoms with Crippen molar-refractivity contribution in [3.8, 4) is 0 Å². The van der Waals surface area contributed by atoms with E-state index in [0.29, 0.717) is 13.0 Å². The molecule has 1 aliphatic rings. The predicted molar refractivity (Wildman–Crippen MR) is 97.8 cm³/mol. The van der Waals surface area contributed by atoms with E-state index in [9.17, 15) is 9.59 Å². The fraction of sp³-hybridized carbons (Fsp3) is 0.316. The van der Waals surface area contributed by atoms with Crippen molar-refractivity contribution in [2.24, 2.45) is 0 Å². The van der Waals surface area contributed by atoms with Crippen LogP contribution in [-0.2, 0) is 25.8 Å². The van der Waals surface area contributed by atoms with E-state index in [1.54, 1.807) is 40.2 Å². The second kappa shape index (κ2) is 6.11. The number of carboxylic acids is 1. The number of fused-ring (bicyclic) bond motifs is 3. The van der Waals surface area contributed by atoms with Crippen LogP contribution in [0.2, 0.25) is 0 Å². The van der Waals surface area contributed by atoms with Gasteiger partial charge in [-0.25, -0.2) is 9.78 Å². The van der Waals surface area contributed by atoms with Crippen LogP contribution in [0.4, 0.5) is 0 Å². The molecule has 0 aliphatic heterocycles. The summed E-state index contributed by atoms with van der Waals surface area (Å²) in [6.45, 7) is 2.41. The maximum Gasteiger partial charge on any atom is 0.335 e. The molecule has 0 spiro atoms. The zero-order chi connectivity index (χ0) is 17.6. The minimum absolute atomic E-state index is 0.0311. The highest BCUT2D eigenvalue weighted by atomic mass is 32.1. The van der Waals surface area contributed by atoms with Crippen molar-refractivity contribution in [3.63, 3.8) is 0 Å². The third kappa shape index (κ3) is 2.66. The summed E-state index contributed by atoms with van der Waals surface area (Å²) >= 11 is 1.66. The average Bonchev–Trinajstić information content (AvgIpc) is 3.18. The number of rotatable bonds is 4. The molecule has 0 unspecified atom stereocenters. The van der Waals surface area contributed by atoms with E-state index in [1.807, 2.05) is 6.92 Å². The van der Waals surface area contributed by atoms with Crippen LogP contribution >= 0.6 is 11.3 Å². The molecule has 0 amide bonds. The first kappa shape index (κ1) is 16.0. The Balaban J connectivity index is 1.81. The molecule has 0 bridgehead atoms. The van der Waals surface area contributed by atoms with Crippen LogP contribution < -0.4 is 5.56 Å². The molecule has 0 fully saturated rings. The normalized spacial score (nSPS) is 13.3. The summed E-state index contributed by atoms with van der Waals surface area (Å²) in [5, 5.41) is 9.80. The summed E-state index contributed by atoms with van der Waals surface area (Å²) in [6.07, 6.45) is 3.81. The maximum atomic E-state index is 13.1. The van der Waals surface area contributed by atoms with Gasteiger partial charge in [-0.3, -0.25) is 9.36 Å². The highest BCUT2D eigenvalue weighted by Crippen LogP contribution is 2.34. The lowest BCUT2D eigenvalue weighted by atomic mass is 10.1. The monoisotopic (exact) mass is 354 g/mol. The molecule has 1 aromatic carbocycles. The molecule has 0 saturated heterocycles. The third-order valence-electron chi connectivity index (χ3n) is 4.76. The van der Waals surface area contributed by atoms with Crippen LogP contribution in [0.1, 0.15) is 45.5 Å². The molecule has 6 heteroatoms. The van der Waals surface area contributed by atoms with Crippen molar-refractivity contribution in [2.75, 3.05) is 0 Å². The molecule has 0 saturated carbocycles. The molecular weight excluding hydrogens is 336 g/mol. The zero-order valence-electron chi connectivity index (χ0n) is 13.9. The van der Waals surface area contributed by atoms with E-state index in [1.165, 1.54) is 10.4 Å². The topological polar surface area (TPSA) is 72.2 Å². The summed E-state index contributed by atoms with van der Waals surface area (Å²) in [5.74, 6) is -0.172. The smallest absolute Gasteiger partial charge is 0.335 e. The first-order chi connectivity index (χ1) is 12.1. The van der Waals surface area contributed by atoms with Crippen LogP contribution in [0.25, 0.3) is 10.2 Å². The molecule has 1 N–H and O–H groups in total. The van der Waals surface area contributed by atoms with Crippen LogP contribution in [0.15, 0.2) is 29.1 Å². The van der Waals surface area contributed by atoms with Crippen molar-refractivity contribution in [3.05, 3.63) is 62.0 Å². The van der Waals surface area contributed by atoms with Crippen molar-refractivity contribution in [1.29, 1.82) is 0 Å². The summed E-state index contributed by atoms with van der Waals surface area (Å²) in [7, 11) is 0. The van der Waals surface area contributed by atoms with Gasteiger partial charge in [0.1, 0.15) is 10.7 Å². The van der Waals surface area contributed by atoms with E-state index in [-0.39, 0.29) is 11.1 Å². The largest absolute Gasteiger partial charge is 0.478 e. The zero-order valence-corrected chi connectivity index (χ0v) is 14.7. The quantitative estimate of drug-likeness (QED) is 0.781. The second-order valence-electron chi connectivity index (χ2n) is 6.31. The highest BCUT2D eigenvalue weighted by Gasteiger charge is 2.22. The Bertz CT molecular complexity index is 1030.